The number of nitrogens with one attached hydrogen (secondary N) is 2. The zero-order valence-electron chi connectivity index (χ0n) is 18.8. The normalized spacial score (nSPS) is 10.5. The maximum Gasteiger partial charge on any atom is 0.341 e. The van der Waals surface area contributed by atoms with Gasteiger partial charge in [0.1, 0.15) is 5.00 Å². The van der Waals surface area contributed by atoms with Gasteiger partial charge in [0.05, 0.1) is 12.2 Å². The molecule has 0 aliphatic rings. The molecule has 0 saturated carbocycles. The first-order valence-electron chi connectivity index (χ1n) is 11.0. The molecular formula is C27H25N3O2S2. The summed E-state index contributed by atoms with van der Waals surface area (Å²) in [5.41, 5.74) is 4.95. The van der Waals surface area contributed by atoms with Crippen LogP contribution in [0.25, 0.3) is 0 Å². The Bertz CT molecular complexity index is 1240. The molecule has 34 heavy (non-hydrogen) atoms. The average Bonchev–Trinajstić information content (AvgIpc) is 3.23. The van der Waals surface area contributed by atoms with Crippen LogP contribution in [-0.4, -0.2) is 22.7 Å². The quantitative estimate of drug-likeness (QED) is 0.224. The first-order chi connectivity index (χ1) is 16.6. The minimum Gasteiger partial charge on any atom is -0.462 e. The molecule has 0 saturated heterocycles. The number of carbonyl (C=O) groups excluding carboxylic acids is 1. The van der Waals surface area contributed by atoms with Crippen LogP contribution >= 0.6 is 23.6 Å². The van der Waals surface area contributed by atoms with E-state index in [0.29, 0.717) is 22.3 Å². The fourth-order valence-electron chi connectivity index (χ4n) is 3.49. The molecule has 0 aliphatic carbocycles. The van der Waals surface area contributed by atoms with Crippen LogP contribution in [0.1, 0.15) is 38.8 Å². The first kappa shape index (κ1) is 23.6. The zero-order chi connectivity index (χ0) is 23.8. The lowest BCUT2D eigenvalue weighted by molar-refractivity contribution is 0.0528. The largest absolute Gasteiger partial charge is 0.462 e. The van der Waals surface area contributed by atoms with Crippen LogP contribution in [0.5, 0.6) is 0 Å². The van der Waals surface area contributed by atoms with E-state index < -0.39 is 0 Å². The van der Waals surface area contributed by atoms with E-state index in [1.807, 2.05) is 48.5 Å². The zero-order valence-corrected chi connectivity index (χ0v) is 20.4. The molecular weight excluding hydrogens is 462 g/mol. The number of carbonyl (C=O) groups is 1. The Labute approximate surface area is 208 Å². The summed E-state index contributed by atoms with van der Waals surface area (Å²) in [4.78, 5) is 17.6. The second-order valence-corrected chi connectivity index (χ2v) is 9.19. The van der Waals surface area contributed by atoms with Crippen molar-refractivity contribution in [3.8, 4) is 0 Å². The highest BCUT2D eigenvalue weighted by Gasteiger charge is 2.18. The summed E-state index contributed by atoms with van der Waals surface area (Å²) in [6.07, 6.45) is 5.18. The molecule has 0 radical (unpaired) electrons. The van der Waals surface area contributed by atoms with E-state index >= 15 is 0 Å². The van der Waals surface area contributed by atoms with E-state index in [0.717, 1.165) is 23.4 Å². The molecule has 2 aromatic heterocycles. The maximum absolute atomic E-state index is 12.5. The van der Waals surface area contributed by atoms with Crippen LogP contribution in [0.2, 0.25) is 0 Å². The van der Waals surface area contributed by atoms with E-state index in [9.17, 15) is 4.79 Å². The molecule has 0 spiro atoms. The summed E-state index contributed by atoms with van der Waals surface area (Å²) in [6.45, 7) is 2.11. The number of nitrogens with zero attached hydrogens (tertiary/aromatic N) is 1. The van der Waals surface area contributed by atoms with E-state index in [2.05, 4.69) is 39.9 Å². The summed E-state index contributed by atoms with van der Waals surface area (Å²) >= 11 is 7.04. The standard InChI is InChI=1S/C27H25N3O2S2/c1-2-32-26(31)24-18-23(17-19-6-4-3-5-7-19)34-25(24)30-27(33)29-22-10-8-20(9-11-22)16-21-12-14-28-15-13-21/h3-15,18H,2,16-17H2,1H3,(H2,29,30,33). The third kappa shape index (κ3) is 6.50. The lowest BCUT2D eigenvalue weighted by Gasteiger charge is -2.11. The van der Waals surface area contributed by atoms with Crippen molar-refractivity contribution in [2.75, 3.05) is 17.2 Å². The molecule has 4 aromatic rings. The Morgan fingerprint density at radius 2 is 1.59 bits per heavy atom. The number of ether oxygens (including phenoxy) is 1. The second-order valence-electron chi connectivity index (χ2n) is 7.65. The highest BCUT2D eigenvalue weighted by atomic mass is 32.1. The van der Waals surface area contributed by atoms with E-state index in [1.165, 1.54) is 28.0 Å². The average molecular weight is 488 g/mol. The third-order valence-electron chi connectivity index (χ3n) is 5.10. The van der Waals surface area contributed by atoms with Gasteiger partial charge in [0.25, 0.3) is 0 Å². The SMILES string of the molecule is CCOC(=O)c1cc(Cc2ccccc2)sc1NC(=S)Nc1ccc(Cc2ccncc2)cc1. The smallest absolute Gasteiger partial charge is 0.341 e. The van der Waals surface area contributed by atoms with Crippen molar-refractivity contribution in [1.82, 2.24) is 4.98 Å². The fraction of sp³-hybridized carbons (Fsp3) is 0.148. The minimum atomic E-state index is -0.358. The number of rotatable bonds is 8. The van der Waals surface area contributed by atoms with Crippen LogP contribution in [0.15, 0.2) is 85.2 Å². The topological polar surface area (TPSA) is 63.2 Å². The summed E-state index contributed by atoms with van der Waals surface area (Å²) in [5, 5.41) is 7.49. The van der Waals surface area contributed by atoms with Gasteiger partial charge < -0.3 is 15.4 Å². The maximum atomic E-state index is 12.5. The van der Waals surface area contributed by atoms with Crippen LogP contribution in [0, 0.1) is 0 Å². The highest BCUT2D eigenvalue weighted by molar-refractivity contribution is 7.80. The predicted octanol–water partition coefficient (Wildman–Crippen LogP) is 6.31. The Hall–Kier alpha value is -3.55. The van der Waals surface area contributed by atoms with Crippen molar-refractivity contribution >= 4 is 45.3 Å². The van der Waals surface area contributed by atoms with Crippen molar-refractivity contribution in [2.45, 2.75) is 19.8 Å². The monoisotopic (exact) mass is 487 g/mol. The molecule has 172 valence electrons. The van der Waals surface area contributed by atoms with Gasteiger partial charge in [-0.15, -0.1) is 11.3 Å². The molecule has 4 rings (SSSR count). The Kier molecular flexibility index (Phi) is 8.01. The summed E-state index contributed by atoms with van der Waals surface area (Å²) in [6, 6.07) is 24.2. The molecule has 0 fully saturated rings. The number of benzene rings is 2. The van der Waals surface area contributed by atoms with E-state index in [1.54, 1.807) is 19.3 Å². The first-order valence-corrected chi connectivity index (χ1v) is 12.2. The number of esters is 1. The number of thiocarbonyl (C=S) groups is 1. The summed E-state index contributed by atoms with van der Waals surface area (Å²) in [7, 11) is 0. The van der Waals surface area contributed by atoms with Gasteiger partial charge >= 0.3 is 5.97 Å². The number of hydrogen-bond donors (Lipinski definition) is 2. The number of hydrogen-bond acceptors (Lipinski definition) is 5. The predicted molar refractivity (Wildman–Crippen MR) is 143 cm³/mol. The van der Waals surface area contributed by atoms with Gasteiger partial charge in [-0.25, -0.2) is 4.79 Å². The lowest BCUT2D eigenvalue weighted by Crippen LogP contribution is -2.20. The van der Waals surface area contributed by atoms with Crippen molar-refractivity contribution < 1.29 is 9.53 Å². The van der Waals surface area contributed by atoms with E-state index in [4.69, 9.17) is 17.0 Å². The van der Waals surface area contributed by atoms with Gasteiger partial charge in [-0.05, 0) is 72.6 Å². The number of aromatic nitrogens is 1. The Morgan fingerprint density at radius 3 is 2.29 bits per heavy atom. The van der Waals surface area contributed by atoms with E-state index in [-0.39, 0.29) is 5.97 Å². The molecule has 2 N–H and O–H groups in total. The number of thiophene rings is 1. The fourth-order valence-corrected chi connectivity index (χ4v) is 4.85. The third-order valence-corrected chi connectivity index (χ3v) is 6.35. The molecule has 0 bridgehead atoms. The molecule has 2 aromatic carbocycles. The number of pyridine rings is 1. The van der Waals surface area contributed by atoms with Crippen LogP contribution in [-0.2, 0) is 17.6 Å². The van der Waals surface area contributed by atoms with Crippen LogP contribution in [0.4, 0.5) is 10.7 Å². The molecule has 0 amide bonds. The van der Waals surface area contributed by atoms with Gasteiger partial charge in [-0.1, -0.05) is 42.5 Å². The molecule has 0 atom stereocenters. The molecule has 0 unspecified atom stereocenters. The van der Waals surface area contributed by atoms with Crippen molar-refractivity contribution in [3.63, 3.8) is 0 Å². The van der Waals surface area contributed by atoms with Gasteiger partial charge in [0.15, 0.2) is 5.11 Å². The summed E-state index contributed by atoms with van der Waals surface area (Å²) in [5.74, 6) is -0.358. The van der Waals surface area contributed by atoms with Crippen molar-refractivity contribution in [1.29, 1.82) is 0 Å². The Morgan fingerprint density at radius 1 is 0.912 bits per heavy atom. The van der Waals surface area contributed by atoms with Gasteiger partial charge in [-0.2, -0.15) is 0 Å². The number of anilines is 2. The van der Waals surface area contributed by atoms with Crippen LogP contribution < -0.4 is 10.6 Å². The highest BCUT2D eigenvalue weighted by Crippen LogP contribution is 2.31. The summed E-state index contributed by atoms with van der Waals surface area (Å²) < 4.78 is 5.25. The van der Waals surface area contributed by atoms with Gasteiger partial charge in [0, 0.05) is 29.4 Å². The van der Waals surface area contributed by atoms with Gasteiger partial charge in [0.2, 0.25) is 0 Å². The molecule has 5 nitrogen and oxygen atoms in total. The van der Waals surface area contributed by atoms with Gasteiger partial charge in [-0.3, -0.25) is 4.98 Å². The molecule has 0 aliphatic heterocycles. The van der Waals surface area contributed by atoms with Crippen molar-refractivity contribution in [2.24, 2.45) is 0 Å². The molecule has 2 heterocycles. The molecule has 7 heteroatoms. The Balaban J connectivity index is 1.43. The van der Waals surface area contributed by atoms with Crippen molar-refractivity contribution in [3.05, 3.63) is 112 Å². The van der Waals surface area contributed by atoms with Crippen LogP contribution in [0.3, 0.4) is 0 Å². The minimum absolute atomic E-state index is 0.316. The second kappa shape index (κ2) is 11.5. The lowest BCUT2D eigenvalue weighted by atomic mass is 10.1.